The van der Waals surface area contributed by atoms with Gasteiger partial charge in [-0.15, -0.1) is 11.8 Å². The van der Waals surface area contributed by atoms with Gasteiger partial charge in [0.25, 0.3) is 11.8 Å². The first-order valence-electron chi connectivity index (χ1n) is 7.03. The van der Waals surface area contributed by atoms with Gasteiger partial charge >= 0.3 is 0 Å². The zero-order valence-corrected chi connectivity index (χ0v) is 13.6. The Morgan fingerprint density at radius 2 is 1.67 bits per heavy atom. The lowest BCUT2D eigenvalue weighted by Gasteiger charge is -2.08. The summed E-state index contributed by atoms with van der Waals surface area (Å²) < 4.78 is 26.9. The van der Waals surface area contributed by atoms with Gasteiger partial charge in [0, 0.05) is 19.3 Å². The minimum absolute atomic E-state index is 0.0364. The molecule has 0 aliphatic carbocycles. The summed E-state index contributed by atoms with van der Waals surface area (Å²) in [5, 5.41) is 5.73. The summed E-state index contributed by atoms with van der Waals surface area (Å²) in [5.41, 5.74) is -0.250. The third-order valence-electron chi connectivity index (χ3n) is 3.09. The minimum atomic E-state index is -0.934. The van der Waals surface area contributed by atoms with Crippen LogP contribution in [0, 0.1) is 11.6 Å². The van der Waals surface area contributed by atoms with Gasteiger partial charge in [0.1, 0.15) is 17.2 Å². The molecule has 0 radical (unpaired) electrons. The predicted molar refractivity (Wildman–Crippen MR) is 87.0 cm³/mol. The van der Waals surface area contributed by atoms with Crippen molar-refractivity contribution in [1.29, 1.82) is 0 Å². The maximum absolute atomic E-state index is 13.4. The van der Waals surface area contributed by atoms with Gasteiger partial charge in [-0.2, -0.15) is 0 Å². The van der Waals surface area contributed by atoms with Crippen molar-refractivity contribution in [1.82, 2.24) is 15.6 Å². The number of amides is 2. The Kier molecular flexibility index (Phi) is 6.25. The summed E-state index contributed by atoms with van der Waals surface area (Å²) in [6.45, 7) is 0.152. The lowest BCUT2D eigenvalue weighted by molar-refractivity contribution is 0.0922. The lowest BCUT2D eigenvalue weighted by Crippen LogP contribution is -2.35. The first-order chi connectivity index (χ1) is 11.5. The summed E-state index contributed by atoms with van der Waals surface area (Å²) in [7, 11) is 0. The van der Waals surface area contributed by atoms with Crippen LogP contribution in [0.3, 0.4) is 0 Å². The molecule has 2 N–H and O–H groups in total. The number of hydrogen-bond acceptors (Lipinski definition) is 4. The molecule has 24 heavy (non-hydrogen) atoms. The molecule has 8 heteroatoms. The van der Waals surface area contributed by atoms with Crippen molar-refractivity contribution in [3.8, 4) is 0 Å². The molecule has 1 aromatic carbocycles. The number of pyridine rings is 1. The van der Waals surface area contributed by atoms with Crippen molar-refractivity contribution in [2.45, 2.75) is 5.03 Å². The predicted octanol–water partition coefficient (Wildman–Crippen LogP) is 2.24. The van der Waals surface area contributed by atoms with Gasteiger partial charge in [0.05, 0.1) is 10.6 Å². The highest BCUT2D eigenvalue weighted by atomic mass is 32.2. The van der Waals surface area contributed by atoms with Crippen molar-refractivity contribution in [3.05, 3.63) is 59.3 Å². The first-order valence-corrected chi connectivity index (χ1v) is 8.26. The molecule has 0 aliphatic rings. The summed E-state index contributed by atoms with van der Waals surface area (Å²) in [6, 6.07) is 6.55. The van der Waals surface area contributed by atoms with E-state index in [0.717, 1.165) is 17.2 Å². The second-order valence-corrected chi connectivity index (χ2v) is 5.52. The first kappa shape index (κ1) is 17.9. The van der Waals surface area contributed by atoms with Crippen LogP contribution in [0.4, 0.5) is 8.78 Å². The van der Waals surface area contributed by atoms with Crippen LogP contribution in [0.1, 0.15) is 20.7 Å². The summed E-state index contributed by atoms with van der Waals surface area (Å²) in [6.07, 6.45) is 3.33. The molecule has 2 rings (SSSR count). The number of carbonyl (C=O) groups excluding carboxylic acids is 2. The van der Waals surface area contributed by atoms with Crippen LogP contribution in [0.2, 0.25) is 0 Å². The zero-order valence-electron chi connectivity index (χ0n) is 12.8. The van der Waals surface area contributed by atoms with Crippen molar-refractivity contribution < 1.29 is 18.4 Å². The highest BCUT2D eigenvalue weighted by molar-refractivity contribution is 7.98. The molecular formula is C16H15F2N3O2S. The smallest absolute Gasteiger partial charge is 0.257 e. The normalized spacial score (nSPS) is 10.3. The molecule has 0 unspecified atom stereocenters. The Morgan fingerprint density at radius 3 is 2.21 bits per heavy atom. The van der Waals surface area contributed by atoms with Crippen molar-refractivity contribution >= 4 is 23.6 Å². The van der Waals surface area contributed by atoms with E-state index in [9.17, 15) is 18.4 Å². The molecule has 0 bridgehead atoms. The van der Waals surface area contributed by atoms with E-state index in [1.165, 1.54) is 24.0 Å². The monoisotopic (exact) mass is 351 g/mol. The van der Waals surface area contributed by atoms with Crippen LogP contribution in [-0.4, -0.2) is 36.1 Å². The molecule has 0 saturated carbocycles. The molecule has 0 saturated heterocycles. The van der Waals surface area contributed by atoms with Crippen LogP contribution in [0.25, 0.3) is 0 Å². The van der Waals surface area contributed by atoms with Gasteiger partial charge in [-0.1, -0.05) is 6.07 Å². The second kappa shape index (κ2) is 8.39. The molecule has 1 heterocycles. The molecule has 0 aliphatic heterocycles. The second-order valence-electron chi connectivity index (χ2n) is 4.70. The van der Waals surface area contributed by atoms with Crippen LogP contribution in [0.5, 0.6) is 0 Å². The van der Waals surface area contributed by atoms with Gasteiger partial charge in [-0.3, -0.25) is 9.59 Å². The quantitative estimate of drug-likeness (QED) is 0.619. The van der Waals surface area contributed by atoms with Gasteiger partial charge in [-0.25, -0.2) is 13.8 Å². The number of thioether (sulfide) groups is 1. The third-order valence-corrected chi connectivity index (χ3v) is 3.75. The number of rotatable bonds is 6. The van der Waals surface area contributed by atoms with Crippen LogP contribution < -0.4 is 10.6 Å². The molecule has 2 amide bonds. The largest absolute Gasteiger partial charge is 0.350 e. The number of hydrogen-bond donors (Lipinski definition) is 2. The maximum Gasteiger partial charge on any atom is 0.257 e. The minimum Gasteiger partial charge on any atom is -0.350 e. The standard InChI is InChI=1S/C16H15F2N3O2S/c1-24-13-6-5-10(9-21-13)15(22)19-7-8-20-16(23)14-11(17)3-2-4-12(14)18/h2-6,9H,7-8H2,1H3,(H,19,22)(H,20,23). The van der Waals surface area contributed by atoms with E-state index in [0.29, 0.717) is 5.56 Å². The number of nitrogens with one attached hydrogen (secondary N) is 2. The third kappa shape index (κ3) is 4.51. The van der Waals surface area contributed by atoms with E-state index >= 15 is 0 Å². The number of halogens is 2. The molecule has 5 nitrogen and oxygen atoms in total. The van der Waals surface area contributed by atoms with Crippen LogP contribution in [0.15, 0.2) is 41.6 Å². The Morgan fingerprint density at radius 1 is 1.04 bits per heavy atom. The lowest BCUT2D eigenvalue weighted by atomic mass is 10.2. The topological polar surface area (TPSA) is 71.1 Å². The Hall–Kier alpha value is -2.48. The van der Waals surface area contributed by atoms with Crippen LogP contribution >= 0.6 is 11.8 Å². The van der Waals surface area contributed by atoms with E-state index in [2.05, 4.69) is 15.6 Å². The van der Waals surface area contributed by atoms with Gasteiger partial charge in [-0.05, 0) is 30.5 Å². The fourth-order valence-corrected chi connectivity index (χ4v) is 2.25. The summed E-state index contributed by atoms with van der Waals surface area (Å²) >= 11 is 1.46. The van der Waals surface area contributed by atoms with Crippen molar-refractivity contribution in [3.63, 3.8) is 0 Å². The molecule has 126 valence electrons. The average Bonchev–Trinajstić information content (AvgIpc) is 2.58. The summed E-state index contributed by atoms with van der Waals surface area (Å²) in [4.78, 5) is 27.7. The van der Waals surface area contributed by atoms with E-state index in [1.807, 2.05) is 6.26 Å². The maximum atomic E-state index is 13.4. The fourth-order valence-electron chi connectivity index (χ4n) is 1.89. The van der Waals surface area contributed by atoms with E-state index < -0.39 is 23.1 Å². The van der Waals surface area contributed by atoms with Crippen LogP contribution in [-0.2, 0) is 0 Å². The molecule has 0 fully saturated rings. The molecular weight excluding hydrogens is 336 g/mol. The van der Waals surface area contributed by atoms with Crippen molar-refractivity contribution in [2.75, 3.05) is 19.3 Å². The molecule has 2 aromatic rings. The molecule has 0 spiro atoms. The number of benzene rings is 1. The van der Waals surface area contributed by atoms with Gasteiger partial charge < -0.3 is 10.6 Å². The Balaban J connectivity index is 1.82. The fraction of sp³-hybridized carbons (Fsp3) is 0.188. The number of aromatic nitrogens is 1. The van der Waals surface area contributed by atoms with E-state index in [-0.39, 0.29) is 19.0 Å². The van der Waals surface area contributed by atoms with E-state index in [1.54, 1.807) is 12.1 Å². The SMILES string of the molecule is CSc1ccc(C(=O)NCCNC(=O)c2c(F)cccc2F)cn1. The van der Waals surface area contributed by atoms with Crippen molar-refractivity contribution in [2.24, 2.45) is 0 Å². The van der Waals surface area contributed by atoms with E-state index in [4.69, 9.17) is 0 Å². The highest BCUT2D eigenvalue weighted by Crippen LogP contribution is 2.12. The Bertz CT molecular complexity index is 718. The number of carbonyl (C=O) groups is 2. The Labute approximate surface area is 141 Å². The average molecular weight is 351 g/mol. The van der Waals surface area contributed by atoms with Gasteiger partial charge in [0.2, 0.25) is 0 Å². The summed E-state index contributed by atoms with van der Waals surface area (Å²) in [5.74, 6) is -3.08. The molecule has 0 atom stereocenters. The van der Waals surface area contributed by atoms with Gasteiger partial charge in [0.15, 0.2) is 0 Å². The molecule has 1 aromatic heterocycles. The number of nitrogens with zero attached hydrogens (tertiary/aromatic N) is 1. The zero-order chi connectivity index (χ0) is 17.5. The highest BCUT2D eigenvalue weighted by Gasteiger charge is 2.16.